The van der Waals surface area contributed by atoms with Gasteiger partial charge in [0, 0.05) is 19.1 Å². The average molecular weight is 346 g/mol. The molecule has 0 radical (unpaired) electrons. The maximum atomic E-state index is 12.9. The number of hydrogen-bond acceptors (Lipinski definition) is 6. The summed E-state index contributed by atoms with van der Waals surface area (Å²) in [6, 6.07) is 1.90. The minimum absolute atomic E-state index is 0.156. The highest BCUT2D eigenvalue weighted by atomic mass is 16.5. The van der Waals surface area contributed by atoms with Crippen molar-refractivity contribution in [3.8, 4) is 6.07 Å². The topological polar surface area (TPSA) is 101 Å². The summed E-state index contributed by atoms with van der Waals surface area (Å²) >= 11 is 0. The Morgan fingerprint density at radius 3 is 2.56 bits per heavy atom. The molecule has 1 aliphatic carbocycles. The number of rotatable bonds is 5. The fourth-order valence-electron chi connectivity index (χ4n) is 3.69. The van der Waals surface area contributed by atoms with Crippen LogP contribution < -0.4 is 5.32 Å². The van der Waals surface area contributed by atoms with Crippen molar-refractivity contribution in [2.45, 2.75) is 64.3 Å². The Hall–Kier alpha value is -1.94. The van der Waals surface area contributed by atoms with E-state index in [1.807, 2.05) is 13.8 Å². The number of carbonyl (C=O) groups is 1. The van der Waals surface area contributed by atoms with Crippen molar-refractivity contribution in [1.29, 1.82) is 5.26 Å². The molecule has 1 saturated heterocycles. The van der Waals surface area contributed by atoms with E-state index in [-0.39, 0.29) is 23.8 Å². The predicted octanol–water partition coefficient (Wildman–Crippen LogP) is 2.86. The molecule has 0 unspecified atom stereocenters. The average Bonchev–Trinajstić information content (AvgIpc) is 3.30. The molecule has 25 heavy (non-hydrogen) atoms. The van der Waals surface area contributed by atoms with Crippen molar-refractivity contribution in [3.05, 3.63) is 11.7 Å². The van der Waals surface area contributed by atoms with Crippen LogP contribution in [0.5, 0.6) is 0 Å². The van der Waals surface area contributed by atoms with Gasteiger partial charge in [-0.05, 0) is 31.6 Å². The summed E-state index contributed by atoms with van der Waals surface area (Å²) in [5.41, 5.74) is -0.912. The molecule has 2 heterocycles. The Kier molecular flexibility index (Phi) is 5.38. The van der Waals surface area contributed by atoms with Gasteiger partial charge in [0.2, 0.25) is 11.8 Å². The highest BCUT2D eigenvalue weighted by Crippen LogP contribution is 2.39. The van der Waals surface area contributed by atoms with Crippen molar-refractivity contribution in [3.63, 3.8) is 0 Å². The first-order valence-corrected chi connectivity index (χ1v) is 9.19. The summed E-state index contributed by atoms with van der Waals surface area (Å²) < 4.78 is 10.9. The summed E-state index contributed by atoms with van der Waals surface area (Å²) in [5, 5.41) is 16.7. The zero-order valence-corrected chi connectivity index (χ0v) is 15.0. The van der Waals surface area contributed by atoms with E-state index in [4.69, 9.17) is 9.26 Å². The molecule has 2 aliphatic rings. The highest BCUT2D eigenvalue weighted by molar-refractivity contribution is 5.86. The number of nitrogens with one attached hydrogen (secondary N) is 1. The first kappa shape index (κ1) is 17.9. The number of aromatic nitrogens is 2. The molecule has 1 amide bonds. The van der Waals surface area contributed by atoms with Gasteiger partial charge >= 0.3 is 0 Å². The summed E-state index contributed by atoms with van der Waals surface area (Å²) in [6.07, 6.45) is 4.73. The quantitative estimate of drug-likeness (QED) is 0.879. The molecule has 136 valence electrons. The third-order valence-corrected chi connectivity index (χ3v) is 5.37. The molecule has 7 nitrogen and oxygen atoms in total. The van der Waals surface area contributed by atoms with Crippen molar-refractivity contribution in [1.82, 2.24) is 15.5 Å². The van der Waals surface area contributed by atoms with Crippen LogP contribution in [0, 0.1) is 22.7 Å². The molecule has 3 rings (SSSR count). The Morgan fingerprint density at radius 1 is 1.32 bits per heavy atom. The monoisotopic (exact) mass is 346 g/mol. The van der Waals surface area contributed by atoms with Crippen LogP contribution in [0.15, 0.2) is 4.52 Å². The molecule has 1 aromatic heterocycles. The maximum absolute atomic E-state index is 12.9. The first-order chi connectivity index (χ1) is 12.1. The van der Waals surface area contributed by atoms with Gasteiger partial charge in [0.1, 0.15) is 11.5 Å². The molecule has 0 bridgehead atoms. The van der Waals surface area contributed by atoms with Crippen LogP contribution in [0.4, 0.5) is 0 Å². The van der Waals surface area contributed by atoms with Crippen molar-refractivity contribution >= 4 is 5.91 Å². The lowest BCUT2D eigenvalue weighted by atomic mass is 9.85. The van der Waals surface area contributed by atoms with E-state index in [0.29, 0.717) is 37.8 Å². The van der Waals surface area contributed by atoms with Gasteiger partial charge < -0.3 is 14.6 Å². The number of amides is 1. The molecule has 2 fully saturated rings. The second kappa shape index (κ2) is 7.52. The molecule has 1 saturated carbocycles. The van der Waals surface area contributed by atoms with Crippen molar-refractivity contribution < 1.29 is 14.1 Å². The van der Waals surface area contributed by atoms with Gasteiger partial charge in [-0.2, -0.15) is 10.2 Å². The smallest absolute Gasteiger partial charge is 0.249 e. The molecule has 0 aromatic carbocycles. The van der Waals surface area contributed by atoms with Crippen LogP contribution >= 0.6 is 0 Å². The van der Waals surface area contributed by atoms with E-state index in [2.05, 4.69) is 21.5 Å². The van der Waals surface area contributed by atoms with Gasteiger partial charge in [0.05, 0.1) is 6.07 Å². The number of hydrogen-bond donors (Lipinski definition) is 1. The maximum Gasteiger partial charge on any atom is 0.249 e. The Labute approximate surface area is 148 Å². The van der Waals surface area contributed by atoms with Crippen LogP contribution in [-0.2, 0) is 9.53 Å². The minimum atomic E-state index is -0.912. The normalized spacial score (nSPS) is 21.8. The Bertz CT molecular complexity index is 637. The van der Waals surface area contributed by atoms with Crippen LogP contribution in [0.1, 0.15) is 76.0 Å². The highest BCUT2D eigenvalue weighted by Gasteiger charge is 2.44. The lowest BCUT2D eigenvalue weighted by Gasteiger charge is -2.30. The van der Waals surface area contributed by atoms with E-state index >= 15 is 0 Å². The van der Waals surface area contributed by atoms with Gasteiger partial charge in [-0.15, -0.1) is 0 Å². The fourth-order valence-corrected chi connectivity index (χ4v) is 3.69. The molecule has 1 aliphatic heterocycles. The molecular formula is C18H26N4O3. The van der Waals surface area contributed by atoms with Gasteiger partial charge in [0.15, 0.2) is 5.82 Å². The summed E-state index contributed by atoms with van der Waals surface area (Å²) in [7, 11) is 0. The number of nitrogens with zero attached hydrogens (tertiary/aromatic N) is 3. The predicted molar refractivity (Wildman–Crippen MR) is 89.3 cm³/mol. The zero-order chi connectivity index (χ0) is 17.9. The molecule has 1 aromatic rings. The van der Waals surface area contributed by atoms with E-state index in [1.54, 1.807) is 0 Å². The standard InChI is InChI=1S/C18H26N4O3/c1-12(2)15-21-16(25-22-15)14(13-5-9-24-10-6-13)20-17(23)18(11-19)7-3-4-8-18/h12-14H,3-10H2,1-2H3,(H,20,23)/t14-/m1/s1. The Morgan fingerprint density at radius 2 is 2.00 bits per heavy atom. The van der Waals surface area contributed by atoms with E-state index in [0.717, 1.165) is 25.7 Å². The molecular weight excluding hydrogens is 320 g/mol. The number of carbonyl (C=O) groups excluding carboxylic acids is 1. The molecule has 0 spiro atoms. The summed E-state index contributed by atoms with van der Waals surface area (Å²) in [4.78, 5) is 17.4. The van der Waals surface area contributed by atoms with Crippen LogP contribution in [0.2, 0.25) is 0 Å². The van der Waals surface area contributed by atoms with Crippen LogP contribution in [0.3, 0.4) is 0 Å². The second-order valence-corrected chi connectivity index (χ2v) is 7.45. The van der Waals surface area contributed by atoms with E-state index in [1.165, 1.54) is 0 Å². The van der Waals surface area contributed by atoms with Crippen molar-refractivity contribution in [2.75, 3.05) is 13.2 Å². The van der Waals surface area contributed by atoms with Gasteiger partial charge in [-0.3, -0.25) is 4.79 Å². The number of ether oxygens (including phenoxy) is 1. The van der Waals surface area contributed by atoms with Crippen LogP contribution in [0.25, 0.3) is 0 Å². The molecule has 7 heteroatoms. The third kappa shape index (κ3) is 3.69. The van der Waals surface area contributed by atoms with E-state index < -0.39 is 5.41 Å². The second-order valence-electron chi connectivity index (χ2n) is 7.45. The Balaban J connectivity index is 1.83. The summed E-state index contributed by atoms with van der Waals surface area (Å²) in [5.74, 6) is 1.21. The third-order valence-electron chi connectivity index (χ3n) is 5.37. The van der Waals surface area contributed by atoms with E-state index in [9.17, 15) is 10.1 Å². The lowest BCUT2D eigenvalue weighted by Crippen LogP contribution is -2.43. The minimum Gasteiger partial charge on any atom is -0.381 e. The lowest BCUT2D eigenvalue weighted by molar-refractivity contribution is -0.129. The molecule has 1 atom stereocenters. The van der Waals surface area contributed by atoms with Gasteiger partial charge in [-0.25, -0.2) is 0 Å². The van der Waals surface area contributed by atoms with Gasteiger partial charge in [0.25, 0.3) is 0 Å². The fraction of sp³-hybridized carbons (Fsp3) is 0.778. The number of nitriles is 1. The molecule has 1 N–H and O–H groups in total. The van der Waals surface area contributed by atoms with Crippen LogP contribution in [-0.4, -0.2) is 29.3 Å². The summed E-state index contributed by atoms with van der Waals surface area (Å²) in [6.45, 7) is 5.32. The van der Waals surface area contributed by atoms with Crippen molar-refractivity contribution in [2.24, 2.45) is 11.3 Å². The SMILES string of the molecule is CC(C)c1noc([C@H](NC(=O)C2(C#N)CCCC2)C2CCOCC2)n1. The zero-order valence-electron chi connectivity index (χ0n) is 15.0. The largest absolute Gasteiger partial charge is 0.381 e. The van der Waals surface area contributed by atoms with Gasteiger partial charge in [-0.1, -0.05) is 31.8 Å². The first-order valence-electron chi connectivity index (χ1n) is 9.19.